The zero-order valence-corrected chi connectivity index (χ0v) is 13.2. The number of ether oxygens (including phenoxy) is 2. The van der Waals surface area contributed by atoms with Gasteiger partial charge in [0.1, 0.15) is 6.23 Å². The van der Waals surface area contributed by atoms with E-state index in [1.165, 1.54) is 0 Å². The molecule has 124 valence electrons. The highest BCUT2D eigenvalue weighted by molar-refractivity contribution is 5.15. The molecule has 3 aliphatic rings. The van der Waals surface area contributed by atoms with Gasteiger partial charge in [0, 0.05) is 51.6 Å². The molecular formula is C15H25N3O4. The molecule has 7 heteroatoms. The Morgan fingerprint density at radius 1 is 1.41 bits per heavy atom. The highest BCUT2D eigenvalue weighted by atomic mass is 16.6. The summed E-state index contributed by atoms with van der Waals surface area (Å²) in [4.78, 5) is 15.5. The lowest BCUT2D eigenvalue weighted by atomic mass is 10.1. The van der Waals surface area contributed by atoms with Gasteiger partial charge in [-0.3, -0.25) is 10.1 Å². The smallest absolute Gasteiger partial charge is 0.286 e. The number of rotatable bonds is 6. The first kappa shape index (κ1) is 15.6. The molecule has 0 aliphatic carbocycles. The quantitative estimate of drug-likeness (QED) is 0.548. The minimum atomic E-state index is -0.207. The first-order valence-corrected chi connectivity index (χ1v) is 8.29. The molecule has 3 rings (SSSR count). The molecule has 0 radical (unpaired) electrons. The Hall–Kier alpha value is -1.34. The topological polar surface area (TPSA) is 68.1 Å². The molecule has 0 aromatic rings. The van der Waals surface area contributed by atoms with E-state index in [-0.39, 0.29) is 11.2 Å². The Balaban J connectivity index is 1.77. The van der Waals surface area contributed by atoms with Gasteiger partial charge in [0.15, 0.2) is 5.82 Å². The molecule has 0 amide bonds. The Labute approximate surface area is 131 Å². The van der Waals surface area contributed by atoms with Crippen LogP contribution in [0.1, 0.15) is 32.6 Å². The standard InChI is InChI=1S/C15H25N3O4/c1-2-8-22-14-4-3-13(18(19)20)15-16(6-7-17(14)15)10-12-5-9-21-11-12/h12,14H,2-11H2,1H3. The van der Waals surface area contributed by atoms with Crippen LogP contribution >= 0.6 is 0 Å². The molecule has 7 nitrogen and oxygen atoms in total. The van der Waals surface area contributed by atoms with Crippen LogP contribution in [0, 0.1) is 16.0 Å². The number of hydrogen-bond acceptors (Lipinski definition) is 6. The fourth-order valence-electron chi connectivity index (χ4n) is 3.60. The fraction of sp³-hybridized carbons (Fsp3) is 0.867. The third-order valence-electron chi connectivity index (χ3n) is 4.65. The van der Waals surface area contributed by atoms with E-state index in [1.54, 1.807) is 0 Å². The van der Waals surface area contributed by atoms with Gasteiger partial charge >= 0.3 is 0 Å². The molecule has 2 saturated heterocycles. The van der Waals surface area contributed by atoms with E-state index >= 15 is 0 Å². The summed E-state index contributed by atoms with van der Waals surface area (Å²) < 4.78 is 11.3. The number of allylic oxidation sites excluding steroid dienone is 1. The van der Waals surface area contributed by atoms with Crippen LogP contribution < -0.4 is 0 Å². The number of nitro groups is 1. The monoisotopic (exact) mass is 311 g/mol. The van der Waals surface area contributed by atoms with Crippen LogP contribution in [-0.4, -0.2) is 60.4 Å². The van der Waals surface area contributed by atoms with Crippen LogP contribution in [0.4, 0.5) is 0 Å². The van der Waals surface area contributed by atoms with E-state index < -0.39 is 0 Å². The van der Waals surface area contributed by atoms with Crippen LogP contribution in [0.15, 0.2) is 11.5 Å². The lowest BCUT2D eigenvalue weighted by Crippen LogP contribution is -2.41. The minimum absolute atomic E-state index is 0.0107. The summed E-state index contributed by atoms with van der Waals surface area (Å²) in [6, 6.07) is 0. The Morgan fingerprint density at radius 3 is 2.95 bits per heavy atom. The number of fused-ring (bicyclic) bond motifs is 1. The number of nitrogens with zero attached hydrogens (tertiary/aromatic N) is 3. The van der Waals surface area contributed by atoms with Gasteiger partial charge in [0.05, 0.1) is 11.5 Å². The van der Waals surface area contributed by atoms with Crippen molar-refractivity contribution >= 4 is 0 Å². The summed E-state index contributed by atoms with van der Waals surface area (Å²) >= 11 is 0. The number of hydrogen-bond donors (Lipinski definition) is 0. The van der Waals surface area contributed by atoms with Crippen LogP contribution in [0.5, 0.6) is 0 Å². The Bertz CT molecular complexity index is 448. The van der Waals surface area contributed by atoms with E-state index in [0.29, 0.717) is 31.1 Å². The van der Waals surface area contributed by atoms with E-state index in [2.05, 4.69) is 16.7 Å². The zero-order valence-electron chi connectivity index (χ0n) is 13.2. The van der Waals surface area contributed by atoms with Crippen LogP contribution in [0.3, 0.4) is 0 Å². The molecule has 22 heavy (non-hydrogen) atoms. The van der Waals surface area contributed by atoms with E-state index in [4.69, 9.17) is 9.47 Å². The second-order valence-electron chi connectivity index (χ2n) is 6.26. The van der Waals surface area contributed by atoms with Crippen molar-refractivity contribution in [3.63, 3.8) is 0 Å². The molecule has 2 unspecified atom stereocenters. The van der Waals surface area contributed by atoms with Crippen molar-refractivity contribution in [1.82, 2.24) is 9.80 Å². The predicted octanol–water partition coefficient (Wildman–Crippen LogP) is 1.63. The summed E-state index contributed by atoms with van der Waals surface area (Å²) in [7, 11) is 0. The highest BCUT2D eigenvalue weighted by Gasteiger charge is 2.42. The summed E-state index contributed by atoms with van der Waals surface area (Å²) in [5, 5.41) is 11.4. The van der Waals surface area contributed by atoms with Gasteiger partial charge in [-0.1, -0.05) is 6.92 Å². The van der Waals surface area contributed by atoms with Crippen molar-refractivity contribution in [2.75, 3.05) is 39.5 Å². The van der Waals surface area contributed by atoms with E-state index in [9.17, 15) is 10.1 Å². The van der Waals surface area contributed by atoms with Gasteiger partial charge < -0.3 is 19.3 Å². The second kappa shape index (κ2) is 6.83. The average molecular weight is 311 g/mol. The van der Waals surface area contributed by atoms with Crippen molar-refractivity contribution in [2.24, 2.45) is 5.92 Å². The summed E-state index contributed by atoms with van der Waals surface area (Å²) in [5.41, 5.74) is 0.354. The normalized spacial score (nSPS) is 28.4. The highest BCUT2D eigenvalue weighted by Crippen LogP contribution is 2.35. The van der Waals surface area contributed by atoms with Gasteiger partial charge in [0.2, 0.25) is 0 Å². The predicted molar refractivity (Wildman–Crippen MR) is 80.5 cm³/mol. The Morgan fingerprint density at radius 2 is 2.27 bits per heavy atom. The lowest BCUT2D eigenvalue weighted by molar-refractivity contribution is -0.433. The van der Waals surface area contributed by atoms with Gasteiger partial charge in [-0.15, -0.1) is 0 Å². The van der Waals surface area contributed by atoms with Crippen molar-refractivity contribution in [2.45, 2.75) is 38.8 Å². The minimum Gasteiger partial charge on any atom is -0.381 e. The molecule has 3 aliphatic heterocycles. The summed E-state index contributed by atoms with van der Waals surface area (Å²) in [6.07, 6.45) is 3.20. The molecule has 0 aromatic carbocycles. The van der Waals surface area contributed by atoms with Gasteiger partial charge in [-0.25, -0.2) is 0 Å². The van der Waals surface area contributed by atoms with Gasteiger partial charge in [0.25, 0.3) is 5.70 Å². The zero-order chi connectivity index (χ0) is 15.5. The largest absolute Gasteiger partial charge is 0.381 e. The fourth-order valence-corrected chi connectivity index (χ4v) is 3.60. The summed E-state index contributed by atoms with van der Waals surface area (Å²) in [6.45, 7) is 6.88. The average Bonchev–Trinajstić information content (AvgIpc) is 3.15. The van der Waals surface area contributed by atoms with Crippen LogP contribution in [-0.2, 0) is 9.47 Å². The first-order valence-electron chi connectivity index (χ1n) is 8.29. The Kier molecular flexibility index (Phi) is 4.83. The third-order valence-corrected chi connectivity index (χ3v) is 4.65. The summed E-state index contributed by atoms with van der Waals surface area (Å²) in [5.74, 6) is 1.28. The second-order valence-corrected chi connectivity index (χ2v) is 6.26. The first-order chi connectivity index (χ1) is 10.7. The molecule has 0 aromatic heterocycles. The molecule has 0 saturated carbocycles. The molecule has 3 heterocycles. The molecule has 0 spiro atoms. The van der Waals surface area contributed by atoms with Gasteiger partial charge in [-0.05, 0) is 12.8 Å². The van der Waals surface area contributed by atoms with Gasteiger partial charge in [-0.2, -0.15) is 0 Å². The van der Waals surface area contributed by atoms with E-state index in [1.807, 2.05) is 0 Å². The molecule has 0 bridgehead atoms. The van der Waals surface area contributed by atoms with Crippen molar-refractivity contribution < 1.29 is 14.4 Å². The maximum absolute atomic E-state index is 11.4. The van der Waals surface area contributed by atoms with Crippen LogP contribution in [0.25, 0.3) is 0 Å². The molecule has 0 N–H and O–H groups in total. The third kappa shape index (κ3) is 3.05. The lowest BCUT2D eigenvalue weighted by Gasteiger charge is -2.35. The maximum Gasteiger partial charge on any atom is 0.286 e. The van der Waals surface area contributed by atoms with E-state index in [0.717, 1.165) is 51.5 Å². The van der Waals surface area contributed by atoms with Crippen molar-refractivity contribution in [3.8, 4) is 0 Å². The molecule has 2 fully saturated rings. The van der Waals surface area contributed by atoms with Crippen LogP contribution in [0.2, 0.25) is 0 Å². The SMILES string of the molecule is CCCOC1CCC([N+](=O)[O-])=C2N(CC3CCOC3)CCN21. The maximum atomic E-state index is 11.4. The molecular weight excluding hydrogens is 286 g/mol. The van der Waals surface area contributed by atoms with Crippen molar-refractivity contribution in [3.05, 3.63) is 21.6 Å². The molecule has 2 atom stereocenters. The van der Waals surface area contributed by atoms with Crippen molar-refractivity contribution in [1.29, 1.82) is 0 Å².